The third-order valence-corrected chi connectivity index (χ3v) is 7.86. The molecule has 46 heavy (non-hydrogen) atoms. The maximum Gasteiger partial charge on any atom is 0.343 e. The molecular weight excluding hydrogens is 606 g/mol. The molecule has 0 atom stereocenters. The number of carbonyl (C=O) groups excluding carboxylic acids is 2. The van der Waals surface area contributed by atoms with Crippen molar-refractivity contribution in [2.24, 2.45) is 5.10 Å². The molecule has 228 valence electrons. The lowest BCUT2D eigenvalue weighted by molar-refractivity contribution is 0.0727. The molecule has 0 fully saturated rings. The van der Waals surface area contributed by atoms with Crippen molar-refractivity contribution in [2.45, 2.75) is 6.92 Å². The Bertz CT molecular complexity index is 2170. The molecule has 5 aromatic carbocycles. The van der Waals surface area contributed by atoms with Gasteiger partial charge in [-0.1, -0.05) is 66.2 Å². The van der Waals surface area contributed by atoms with Crippen LogP contribution in [0.1, 0.15) is 33.3 Å². The smallest absolute Gasteiger partial charge is 0.343 e. The van der Waals surface area contributed by atoms with Gasteiger partial charge in [0, 0.05) is 26.9 Å². The topological polar surface area (TPSA) is 111 Å². The summed E-state index contributed by atoms with van der Waals surface area (Å²) >= 11 is 6.61. The van der Waals surface area contributed by atoms with Crippen molar-refractivity contribution in [3.05, 3.63) is 119 Å². The molecule has 1 aromatic heterocycles. The summed E-state index contributed by atoms with van der Waals surface area (Å²) < 4.78 is 22.0. The van der Waals surface area contributed by atoms with Crippen molar-refractivity contribution in [1.29, 1.82) is 0 Å². The molecule has 0 aliphatic carbocycles. The third kappa shape index (κ3) is 5.48. The van der Waals surface area contributed by atoms with E-state index in [1.165, 1.54) is 6.21 Å². The van der Waals surface area contributed by atoms with Gasteiger partial charge in [0.05, 0.1) is 23.9 Å². The van der Waals surface area contributed by atoms with Crippen molar-refractivity contribution < 1.29 is 28.5 Å². The van der Waals surface area contributed by atoms with E-state index in [1.807, 2.05) is 61.5 Å². The summed E-state index contributed by atoms with van der Waals surface area (Å²) in [6, 6.07) is 29.2. The highest BCUT2D eigenvalue weighted by Gasteiger charge is 2.22. The minimum absolute atomic E-state index is 0.104. The van der Waals surface area contributed by atoms with Crippen LogP contribution in [0.4, 0.5) is 0 Å². The molecule has 0 spiro atoms. The number of esters is 1. The van der Waals surface area contributed by atoms with Crippen molar-refractivity contribution in [3.63, 3.8) is 0 Å². The fourth-order valence-electron chi connectivity index (χ4n) is 5.41. The second-order valence-corrected chi connectivity index (χ2v) is 10.8. The van der Waals surface area contributed by atoms with E-state index in [0.29, 0.717) is 51.3 Å². The number of fused-ring (bicyclic) bond motifs is 4. The van der Waals surface area contributed by atoms with Crippen molar-refractivity contribution in [2.75, 3.05) is 13.4 Å². The standard InChI is InChI=1S/C36H26ClN3O6/c1-2-43-30-17-21(11-15-29(30)46-36(42)23-13-16-28-31(18-23)45-20-44-28)19-38-40-35(41)34-32(25-9-5-6-10-27(25)37)26-14-12-22-7-3-4-8-24(22)33(26)39-34/h3-19,39H,2,20H2,1H3,(H,40,41). The lowest BCUT2D eigenvalue weighted by atomic mass is 9.99. The molecule has 6 aromatic rings. The fraction of sp³-hybridized carbons (Fsp3) is 0.0833. The maximum atomic E-state index is 13.6. The summed E-state index contributed by atoms with van der Waals surface area (Å²) in [5.41, 5.74) is 6.13. The van der Waals surface area contributed by atoms with E-state index in [2.05, 4.69) is 15.5 Å². The Morgan fingerprint density at radius 2 is 1.74 bits per heavy atom. The number of amides is 1. The van der Waals surface area contributed by atoms with E-state index in [0.717, 1.165) is 27.2 Å². The molecule has 9 nitrogen and oxygen atoms in total. The van der Waals surface area contributed by atoms with Crippen LogP contribution in [-0.4, -0.2) is 36.5 Å². The Labute approximate surface area is 268 Å². The highest BCUT2D eigenvalue weighted by Crippen LogP contribution is 2.39. The van der Waals surface area contributed by atoms with E-state index >= 15 is 0 Å². The quantitative estimate of drug-likeness (QED) is 0.0769. The fourth-order valence-corrected chi connectivity index (χ4v) is 5.64. The number of aromatic nitrogens is 1. The average molecular weight is 632 g/mol. The Kier molecular flexibility index (Phi) is 7.74. The second kappa shape index (κ2) is 12.3. The molecular formula is C36H26ClN3O6. The zero-order chi connectivity index (χ0) is 31.6. The summed E-state index contributed by atoms with van der Waals surface area (Å²) in [6.07, 6.45) is 1.48. The van der Waals surface area contributed by atoms with Gasteiger partial charge in [-0.05, 0) is 60.3 Å². The van der Waals surface area contributed by atoms with Crippen LogP contribution in [0.2, 0.25) is 5.02 Å². The second-order valence-electron chi connectivity index (χ2n) is 10.4. The number of ether oxygens (including phenoxy) is 4. The zero-order valence-corrected chi connectivity index (χ0v) is 25.3. The van der Waals surface area contributed by atoms with Gasteiger partial charge in [-0.15, -0.1) is 0 Å². The first-order chi connectivity index (χ1) is 22.5. The van der Waals surface area contributed by atoms with Gasteiger partial charge in [-0.2, -0.15) is 5.10 Å². The molecule has 1 aliphatic heterocycles. The first-order valence-electron chi connectivity index (χ1n) is 14.5. The summed E-state index contributed by atoms with van der Waals surface area (Å²) in [6.45, 7) is 2.27. The van der Waals surface area contributed by atoms with Crippen LogP contribution >= 0.6 is 11.6 Å². The summed E-state index contributed by atoms with van der Waals surface area (Å²) in [7, 11) is 0. The molecule has 7 rings (SSSR count). The van der Waals surface area contributed by atoms with Gasteiger partial charge in [0.25, 0.3) is 5.91 Å². The molecule has 2 heterocycles. The van der Waals surface area contributed by atoms with Crippen LogP contribution in [0.5, 0.6) is 23.0 Å². The molecule has 1 aliphatic rings. The van der Waals surface area contributed by atoms with Crippen molar-refractivity contribution in [1.82, 2.24) is 10.4 Å². The third-order valence-electron chi connectivity index (χ3n) is 7.53. The molecule has 10 heteroatoms. The predicted molar refractivity (Wildman–Crippen MR) is 176 cm³/mol. The minimum Gasteiger partial charge on any atom is -0.490 e. The van der Waals surface area contributed by atoms with E-state index in [1.54, 1.807) is 42.5 Å². The first-order valence-corrected chi connectivity index (χ1v) is 14.9. The van der Waals surface area contributed by atoms with Crippen LogP contribution in [0.25, 0.3) is 32.8 Å². The van der Waals surface area contributed by atoms with Gasteiger partial charge >= 0.3 is 5.97 Å². The van der Waals surface area contributed by atoms with Crippen LogP contribution in [-0.2, 0) is 0 Å². The summed E-state index contributed by atoms with van der Waals surface area (Å²) in [5.74, 6) is 0.614. The Hall–Kier alpha value is -5.80. The molecule has 0 radical (unpaired) electrons. The van der Waals surface area contributed by atoms with Gasteiger partial charge in [0.2, 0.25) is 6.79 Å². The highest BCUT2D eigenvalue weighted by atomic mass is 35.5. The summed E-state index contributed by atoms with van der Waals surface area (Å²) in [5, 5.41) is 7.64. The lowest BCUT2D eigenvalue weighted by Crippen LogP contribution is -2.19. The van der Waals surface area contributed by atoms with Crippen LogP contribution in [0.15, 0.2) is 102 Å². The Balaban J connectivity index is 1.14. The van der Waals surface area contributed by atoms with Crippen LogP contribution < -0.4 is 24.4 Å². The maximum absolute atomic E-state index is 13.6. The number of halogens is 1. The SMILES string of the molecule is CCOc1cc(C=NNC(=O)c2[nH]c3c(ccc4ccccc43)c2-c2ccccc2Cl)ccc1OC(=O)c1ccc2c(c1)OCO2. The normalized spacial score (nSPS) is 12.1. The summed E-state index contributed by atoms with van der Waals surface area (Å²) in [4.78, 5) is 29.8. The molecule has 0 unspecified atom stereocenters. The van der Waals surface area contributed by atoms with E-state index < -0.39 is 11.9 Å². The number of nitrogens with zero attached hydrogens (tertiary/aromatic N) is 1. The molecule has 0 saturated heterocycles. The highest BCUT2D eigenvalue weighted by molar-refractivity contribution is 6.34. The van der Waals surface area contributed by atoms with Crippen LogP contribution in [0.3, 0.4) is 0 Å². The van der Waals surface area contributed by atoms with Crippen molar-refractivity contribution >= 4 is 51.4 Å². The molecule has 0 saturated carbocycles. The zero-order valence-electron chi connectivity index (χ0n) is 24.5. The number of nitrogens with one attached hydrogen (secondary N) is 2. The molecule has 2 N–H and O–H groups in total. The number of hydrazone groups is 1. The van der Waals surface area contributed by atoms with Gasteiger partial charge in [0.15, 0.2) is 23.0 Å². The van der Waals surface area contributed by atoms with E-state index in [9.17, 15) is 9.59 Å². The number of H-pyrrole nitrogens is 1. The number of aromatic amines is 1. The minimum atomic E-state index is -0.576. The molecule has 1 amide bonds. The van der Waals surface area contributed by atoms with E-state index in [4.69, 9.17) is 30.5 Å². The monoisotopic (exact) mass is 631 g/mol. The van der Waals surface area contributed by atoms with Gasteiger partial charge in [-0.3, -0.25) is 4.79 Å². The van der Waals surface area contributed by atoms with E-state index in [-0.39, 0.29) is 12.5 Å². The number of carbonyl (C=O) groups is 2. The van der Waals surface area contributed by atoms with Crippen molar-refractivity contribution in [3.8, 4) is 34.1 Å². The molecule has 0 bridgehead atoms. The van der Waals surface area contributed by atoms with Gasteiger partial charge in [0.1, 0.15) is 5.69 Å². The largest absolute Gasteiger partial charge is 0.490 e. The predicted octanol–water partition coefficient (Wildman–Crippen LogP) is 7.75. The Morgan fingerprint density at radius 3 is 2.61 bits per heavy atom. The first kappa shape index (κ1) is 28.9. The van der Waals surface area contributed by atoms with Gasteiger partial charge in [-0.25, -0.2) is 10.2 Å². The number of benzene rings is 5. The van der Waals surface area contributed by atoms with Crippen LogP contribution in [0, 0.1) is 0 Å². The van der Waals surface area contributed by atoms with Gasteiger partial charge < -0.3 is 23.9 Å². The average Bonchev–Trinajstić information content (AvgIpc) is 3.71. The lowest BCUT2D eigenvalue weighted by Gasteiger charge is -2.11. The Morgan fingerprint density at radius 1 is 0.913 bits per heavy atom. The number of hydrogen-bond acceptors (Lipinski definition) is 7. The number of rotatable bonds is 8. The number of hydrogen-bond donors (Lipinski definition) is 2.